The molecule has 2 N–H and O–H groups in total. The highest BCUT2D eigenvalue weighted by Crippen LogP contribution is 2.24. The first-order chi connectivity index (χ1) is 12.7. The summed E-state index contributed by atoms with van der Waals surface area (Å²) in [5.74, 6) is -0.00336. The molecule has 0 spiro atoms. The molecule has 0 radical (unpaired) electrons. The zero-order valence-electron chi connectivity index (χ0n) is 13.6. The van der Waals surface area contributed by atoms with Gasteiger partial charge in [0.2, 0.25) is 11.7 Å². The van der Waals surface area contributed by atoms with Crippen LogP contribution in [0, 0.1) is 0 Å². The fraction of sp³-hybridized carbons (Fsp3) is 0. The minimum atomic E-state index is -0.456. The topological polar surface area (TPSA) is 99.6 Å². The van der Waals surface area contributed by atoms with Crippen LogP contribution in [0.3, 0.4) is 0 Å². The second kappa shape index (κ2) is 6.56. The summed E-state index contributed by atoms with van der Waals surface area (Å²) in [4.78, 5) is 17.3. The van der Waals surface area contributed by atoms with Gasteiger partial charge >= 0.3 is 0 Å². The Morgan fingerprint density at radius 1 is 0.923 bits per heavy atom. The van der Waals surface area contributed by atoms with Crippen LogP contribution in [0.4, 0.5) is 0 Å². The Bertz CT molecular complexity index is 1060. The van der Waals surface area contributed by atoms with Crippen molar-refractivity contribution < 1.29 is 4.79 Å². The lowest BCUT2D eigenvalue weighted by molar-refractivity contribution is 0.100. The SMILES string of the molecule is NC(=O)c1ccccc1-c1ccc(-n2nnc(-c3ccccn3)n2)cc1. The van der Waals surface area contributed by atoms with E-state index in [-0.39, 0.29) is 0 Å². The molecule has 26 heavy (non-hydrogen) atoms. The highest BCUT2D eigenvalue weighted by atomic mass is 16.1. The third-order valence-corrected chi connectivity index (χ3v) is 3.91. The molecular formula is C19H14N6O. The fourth-order valence-electron chi connectivity index (χ4n) is 2.65. The number of tetrazole rings is 1. The van der Waals surface area contributed by atoms with Crippen LogP contribution in [0.5, 0.6) is 0 Å². The molecule has 0 aliphatic carbocycles. The van der Waals surface area contributed by atoms with Gasteiger partial charge in [-0.15, -0.1) is 15.0 Å². The Morgan fingerprint density at radius 3 is 2.42 bits per heavy atom. The molecule has 0 saturated heterocycles. The van der Waals surface area contributed by atoms with Crippen LogP contribution in [0.2, 0.25) is 0 Å². The lowest BCUT2D eigenvalue weighted by Gasteiger charge is -2.07. The predicted molar refractivity (Wildman–Crippen MR) is 96.3 cm³/mol. The number of rotatable bonds is 4. The second-order valence-corrected chi connectivity index (χ2v) is 5.57. The Hall–Kier alpha value is -3.87. The van der Waals surface area contributed by atoms with Crippen molar-refractivity contribution in [2.24, 2.45) is 5.73 Å². The van der Waals surface area contributed by atoms with Gasteiger partial charge in [-0.1, -0.05) is 36.4 Å². The second-order valence-electron chi connectivity index (χ2n) is 5.57. The number of primary amides is 1. The molecule has 0 atom stereocenters. The first kappa shape index (κ1) is 15.6. The lowest BCUT2D eigenvalue weighted by Crippen LogP contribution is -2.12. The van der Waals surface area contributed by atoms with Crippen LogP contribution >= 0.6 is 0 Å². The van der Waals surface area contributed by atoms with Crippen LogP contribution in [-0.4, -0.2) is 31.1 Å². The van der Waals surface area contributed by atoms with Crippen molar-refractivity contribution in [3.8, 4) is 28.3 Å². The van der Waals surface area contributed by atoms with Gasteiger partial charge in [-0.3, -0.25) is 9.78 Å². The number of hydrogen-bond donors (Lipinski definition) is 1. The minimum Gasteiger partial charge on any atom is -0.366 e. The molecule has 7 nitrogen and oxygen atoms in total. The third kappa shape index (κ3) is 2.93. The van der Waals surface area contributed by atoms with E-state index >= 15 is 0 Å². The summed E-state index contributed by atoms with van der Waals surface area (Å²) in [6.45, 7) is 0. The molecule has 0 aliphatic heterocycles. The van der Waals surface area contributed by atoms with Gasteiger partial charge in [-0.2, -0.15) is 0 Å². The van der Waals surface area contributed by atoms with E-state index in [2.05, 4.69) is 20.4 Å². The maximum Gasteiger partial charge on any atom is 0.249 e. The van der Waals surface area contributed by atoms with E-state index in [0.717, 1.165) is 16.8 Å². The molecule has 4 rings (SSSR count). The van der Waals surface area contributed by atoms with Gasteiger partial charge in [0.05, 0.1) is 5.69 Å². The van der Waals surface area contributed by atoms with E-state index in [1.54, 1.807) is 18.3 Å². The molecular weight excluding hydrogens is 328 g/mol. The Kier molecular flexibility index (Phi) is 3.95. The number of carbonyl (C=O) groups is 1. The lowest BCUT2D eigenvalue weighted by atomic mass is 9.99. The van der Waals surface area contributed by atoms with E-state index in [0.29, 0.717) is 17.1 Å². The number of hydrogen-bond acceptors (Lipinski definition) is 5. The Labute approximate surface area is 149 Å². The summed E-state index contributed by atoms with van der Waals surface area (Å²) < 4.78 is 0. The number of benzene rings is 2. The monoisotopic (exact) mass is 342 g/mol. The van der Waals surface area contributed by atoms with Crippen molar-refractivity contribution >= 4 is 5.91 Å². The first-order valence-electron chi connectivity index (χ1n) is 7.93. The van der Waals surface area contributed by atoms with Crippen molar-refractivity contribution in [3.63, 3.8) is 0 Å². The normalized spacial score (nSPS) is 10.6. The van der Waals surface area contributed by atoms with Crippen molar-refractivity contribution in [1.29, 1.82) is 0 Å². The zero-order valence-corrected chi connectivity index (χ0v) is 13.6. The Balaban J connectivity index is 1.65. The van der Waals surface area contributed by atoms with Crippen molar-refractivity contribution in [2.75, 3.05) is 0 Å². The van der Waals surface area contributed by atoms with Crippen molar-refractivity contribution in [1.82, 2.24) is 25.2 Å². The van der Waals surface area contributed by atoms with E-state index in [1.807, 2.05) is 54.6 Å². The van der Waals surface area contributed by atoms with E-state index < -0.39 is 5.91 Å². The molecule has 2 heterocycles. The molecule has 0 fully saturated rings. The maximum atomic E-state index is 11.6. The maximum absolute atomic E-state index is 11.6. The van der Waals surface area contributed by atoms with E-state index in [9.17, 15) is 4.79 Å². The number of aromatic nitrogens is 5. The van der Waals surface area contributed by atoms with Crippen LogP contribution in [-0.2, 0) is 0 Å². The van der Waals surface area contributed by atoms with Gasteiger partial charge < -0.3 is 5.73 Å². The summed E-state index contributed by atoms with van der Waals surface area (Å²) in [6.07, 6.45) is 1.68. The van der Waals surface area contributed by atoms with Gasteiger partial charge in [0.1, 0.15) is 5.69 Å². The fourth-order valence-corrected chi connectivity index (χ4v) is 2.65. The number of amides is 1. The van der Waals surface area contributed by atoms with Crippen molar-refractivity contribution in [3.05, 3.63) is 78.5 Å². The molecule has 126 valence electrons. The standard InChI is InChI=1S/C19H14N6O/c20-18(26)16-6-2-1-5-15(16)13-8-10-14(11-9-13)25-23-19(22-24-25)17-7-3-4-12-21-17/h1-12H,(H2,20,26). The van der Waals surface area contributed by atoms with Crippen LogP contribution in [0.1, 0.15) is 10.4 Å². The van der Waals surface area contributed by atoms with Crippen LogP contribution < -0.4 is 5.73 Å². The summed E-state index contributed by atoms with van der Waals surface area (Å²) in [6, 6.07) is 20.3. The zero-order chi connectivity index (χ0) is 17.9. The third-order valence-electron chi connectivity index (χ3n) is 3.91. The molecule has 0 aliphatic rings. The van der Waals surface area contributed by atoms with Gasteiger partial charge in [0, 0.05) is 11.8 Å². The molecule has 2 aromatic carbocycles. The number of carbonyl (C=O) groups excluding carboxylic acids is 1. The number of nitrogens with two attached hydrogens (primary N) is 1. The van der Waals surface area contributed by atoms with E-state index in [1.165, 1.54) is 4.80 Å². The molecule has 4 aromatic rings. The van der Waals surface area contributed by atoms with Crippen molar-refractivity contribution in [2.45, 2.75) is 0 Å². The Morgan fingerprint density at radius 2 is 1.69 bits per heavy atom. The molecule has 0 bridgehead atoms. The number of pyridine rings is 1. The molecule has 2 aromatic heterocycles. The highest BCUT2D eigenvalue weighted by Gasteiger charge is 2.11. The van der Waals surface area contributed by atoms with Gasteiger partial charge in [-0.25, -0.2) is 0 Å². The van der Waals surface area contributed by atoms with E-state index in [4.69, 9.17) is 5.73 Å². The van der Waals surface area contributed by atoms with Crippen LogP contribution in [0.25, 0.3) is 28.3 Å². The summed E-state index contributed by atoms with van der Waals surface area (Å²) in [7, 11) is 0. The quantitative estimate of drug-likeness (QED) is 0.614. The average Bonchev–Trinajstić information content (AvgIpc) is 3.19. The summed E-state index contributed by atoms with van der Waals surface area (Å²) >= 11 is 0. The number of nitrogens with zero attached hydrogens (tertiary/aromatic N) is 5. The summed E-state index contributed by atoms with van der Waals surface area (Å²) in [5, 5.41) is 12.5. The largest absolute Gasteiger partial charge is 0.366 e. The predicted octanol–water partition coefficient (Wildman–Crippen LogP) is 2.49. The van der Waals surface area contributed by atoms with Gasteiger partial charge in [0.15, 0.2) is 0 Å². The molecule has 7 heteroatoms. The first-order valence-corrected chi connectivity index (χ1v) is 7.93. The average molecular weight is 342 g/mol. The molecule has 1 amide bonds. The smallest absolute Gasteiger partial charge is 0.249 e. The van der Waals surface area contributed by atoms with Gasteiger partial charge in [-0.05, 0) is 46.7 Å². The summed E-state index contributed by atoms with van der Waals surface area (Å²) in [5.41, 5.74) is 9.01. The highest BCUT2D eigenvalue weighted by molar-refractivity contribution is 5.99. The van der Waals surface area contributed by atoms with Gasteiger partial charge in [0.25, 0.3) is 0 Å². The molecule has 0 unspecified atom stereocenters. The minimum absolute atomic E-state index is 0.453. The molecule has 0 saturated carbocycles. The van der Waals surface area contributed by atoms with Crippen LogP contribution in [0.15, 0.2) is 72.9 Å².